The first kappa shape index (κ1) is 14.4. The summed E-state index contributed by atoms with van der Waals surface area (Å²) in [5.74, 6) is 1.75. The molecule has 1 fully saturated rings. The second-order valence-electron chi connectivity index (χ2n) is 6.46. The van der Waals surface area contributed by atoms with Crippen molar-refractivity contribution in [1.29, 1.82) is 0 Å². The standard InChI is InChI=1S/C18H25ClO/c1-2-3-13-4-6-14(7-5-13)15-8-9-16-11-18(19)20-12-17(16)10-15/h8-10,13-14,18H,2-7,11-12H2,1H3. The quantitative estimate of drug-likeness (QED) is 0.678. The number of halogens is 1. The first-order chi connectivity index (χ1) is 9.76. The molecule has 20 heavy (non-hydrogen) atoms. The highest BCUT2D eigenvalue weighted by Gasteiger charge is 2.23. The van der Waals surface area contributed by atoms with Crippen LogP contribution in [0.4, 0.5) is 0 Å². The number of hydrogen-bond donors (Lipinski definition) is 0. The Balaban J connectivity index is 1.66. The Morgan fingerprint density at radius 3 is 2.70 bits per heavy atom. The maximum Gasteiger partial charge on any atom is 0.135 e. The fourth-order valence-electron chi connectivity index (χ4n) is 3.84. The summed E-state index contributed by atoms with van der Waals surface area (Å²) < 4.78 is 5.56. The van der Waals surface area contributed by atoms with Gasteiger partial charge in [-0.3, -0.25) is 0 Å². The molecule has 0 bridgehead atoms. The van der Waals surface area contributed by atoms with E-state index in [4.69, 9.17) is 16.3 Å². The zero-order valence-electron chi connectivity index (χ0n) is 12.4. The SMILES string of the molecule is CCCC1CCC(c2ccc3c(c2)COC(Cl)C3)CC1. The lowest BCUT2D eigenvalue weighted by atomic mass is 9.77. The molecule has 1 aromatic carbocycles. The fourth-order valence-corrected chi connectivity index (χ4v) is 4.07. The monoisotopic (exact) mass is 292 g/mol. The van der Waals surface area contributed by atoms with Crippen LogP contribution >= 0.6 is 11.6 Å². The van der Waals surface area contributed by atoms with Crippen molar-refractivity contribution in [1.82, 2.24) is 0 Å². The van der Waals surface area contributed by atoms with Crippen LogP contribution in [0.5, 0.6) is 0 Å². The van der Waals surface area contributed by atoms with Gasteiger partial charge in [0.2, 0.25) is 0 Å². The Labute approximate surface area is 127 Å². The Kier molecular flexibility index (Phi) is 4.68. The van der Waals surface area contributed by atoms with Crippen LogP contribution in [0.3, 0.4) is 0 Å². The number of alkyl halides is 1. The molecule has 1 aliphatic carbocycles. The van der Waals surface area contributed by atoms with Crippen LogP contribution in [-0.2, 0) is 17.8 Å². The first-order valence-corrected chi connectivity index (χ1v) is 8.57. The van der Waals surface area contributed by atoms with E-state index in [2.05, 4.69) is 25.1 Å². The topological polar surface area (TPSA) is 9.23 Å². The molecule has 2 aliphatic rings. The summed E-state index contributed by atoms with van der Waals surface area (Å²) in [6.45, 7) is 2.99. The maximum absolute atomic E-state index is 6.06. The molecule has 1 atom stereocenters. The van der Waals surface area contributed by atoms with E-state index in [1.807, 2.05) is 0 Å². The van der Waals surface area contributed by atoms with Crippen LogP contribution in [0, 0.1) is 5.92 Å². The highest BCUT2D eigenvalue weighted by molar-refractivity contribution is 6.19. The van der Waals surface area contributed by atoms with Gasteiger partial charge in [-0.1, -0.05) is 49.6 Å². The summed E-state index contributed by atoms with van der Waals surface area (Å²) in [4.78, 5) is 0. The van der Waals surface area contributed by atoms with Crippen molar-refractivity contribution >= 4 is 11.6 Å². The molecule has 1 saturated carbocycles. The Bertz CT molecular complexity index is 449. The molecule has 0 radical (unpaired) electrons. The molecule has 1 heterocycles. The highest BCUT2D eigenvalue weighted by Crippen LogP contribution is 2.38. The lowest BCUT2D eigenvalue weighted by molar-refractivity contribution is 0.0812. The van der Waals surface area contributed by atoms with Crippen LogP contribution in [0.2, 0.25) is 0 Å². The number of ether oxygens (including phenoxy) is 1. The van der Waals surface area contributed by atoms with Gasteiger partial charge in [-0.2, -0.15) is 0 Å². The molecule has 0 N–H and O–H groups in total. The zero-order chi connectivity index (χ0) is 13.9. The van der Waals surface area contributed by atoms with Crippen molar-refractivity contribution < 1.29 is 4.74 Å². The largest absolute Gasteiger partial charge is 0.357 e. The molecule has 0 spiro atoms. The number of hydrogen-bond acceptors (Lipinski definition) is 1. The Morgan fingerprint density at radius 2 is 1.95 bits per heavy atom. The highest BCUT2D eigenvalue weighted by atomic mass is 35.5. The molecule has 0 amide bonds. The molecule has 1 aromatic rings. The average molecular weight is 293 g/mol. The molecular weight excluding hydrogens is 268 g/mol. The van der Waals surface area contributed by atoms with E-state index in [9.17, 15) is 0 Å². The van der Waals surface area contributed by atoms with E-state index < -0.39 is 0 Å². The van der Waals surface area contributed by atoms with Gasteiger partial charge in [-0.15, -0.1) is 0 Å². The third-order valence-corrected chi connectivity index (χ3v) is 5.33. The minimum absolute atomic E-state index is 0.141. The Morgan fingerprint density at radius 1 is 1.15 bits per heavy atom. The summed E-state index contributed by atoms with van der Waals surface area (Å²) >= 11 is 6.06. The normalized spacial score (nSPS) is 30.0. The third kappa shape index (κ3) is 3.20. The summed E-state index contributed by atoms with van der Waals surface area (Å²) in [7, 11) is 0. The van der Waals surface area contributed by atoms with Crippen molar-refractivity contribution in [2.75, 3.05) is 0 Å². The molecular formula is C18H25ClO. The van der Waals surface area contributed by atoms with Crippen LogP contribution in [0.1, 0.15) is 68.1 Å². The molecule has 0 aromatic heterocycles. The minimum Gasteiger partial charge on any atom is -0.357 e. The minimum atomic E-state index is -0.141. The molecule has 1 aliphatic heterocycles. The summed E-state index contributed by atoms with van der Waals surface area (Å²) in [5.41, 5.74) is 4.11. The van der Waals surface area contributed by atoms with Crippen LogP contribution in [0.15, 0.2) is 18.2 Å². The number of rotatable bonds is 3. The van der Waals surface area contributed by atoms with Crippen molar-refractivity contribution in [3.8, 4) is 0 Å². The second kappa shape index (κ2) is 6.49. The van der Waals surface area contributed by atoms with Crippen LogP contribution in [-0.4, -0.2) is 5.56 Å². The average Bonchev–Trinajstić information content (AvgIpc) is 2.48. The predicted octanol–water partition coefficient (Wildman–Crippen LogP) is 5.40. The van der Waals surface area contributed by atoms with E-state index in [1.54, 1.807) is 0 Å². The zero-order valence-corrected chi connectivity index (χ0v) is 13.2. The lowest BCUT2D eigenvalue weighted by Gasteiger charge is -2.30. The van der Waals surface area contributed by atoms with Crippen molar-refractivity contribution in [2.45, 2.75) is 70.0 Å². The van der Waals surface area contributed by atoms with Gasteiger partial charge in [0.25, 0.3) is 0 Å². The van der Waals surface area contributed by atoms with Crippen molar-refractivity contribution in [3.05, 3.63) is 34.9 Å². The fraction of sp³-hybridized carbons (Fsp3) is 0.667. The van der Waals surface area contributed by atoms with Crippen molar-refractivity contribution in [2.24, 2.45) is 5.92 Å². The smallest absolute Gasteiger partial charge is 0.135 e. The van der Waals surface area contributed by atoms with E-state index in [-0.39, 0.29) is 5.56 Å². The van der Waals surface area contributed by atoms with Gasteiger partial charge < -0.3 is 4.74 Å². The molecule has 2 heteroatoms. The van der Waals surface area contributed by atoms with Crippen LogP contribution < -0.4 is 0 Å². The summed E-state index contributed by atoms with van der Waals surface area (Å²) in [6.07, 6.45) is 9.16. The molecule has 1 nitrogen and oxygen atoms in total. The molecule has 3 rings (SSSR count). The van der Waals surface area contributed by atoms with Gasteiger partial charge in [0.15, 0.2) is 0 Å². The van der Waals surface area contributed by atoms with E-state index in [0.29, 0.717) is 6.61 Å². The van der Waals surface area contributed by atoms with Gasteiger partial charge in [0, 0.05) is 6.42 Å². The maximum atomic E-state index is 6.06. The first-order valence-electron chi connectivity index (χ1n) is 8.13. The molecule has 0 saturated heterocycles. The van der Waals surface area contributed by atoms with E-state index >= 15 is 0 Å². The number of fused-ring (bicyclic) bond motifs is 1. The van der Waals surface area contributed by atoms with E-state index in [0.717, 1.165) is 18.3 Å². The van der Waals surface area contributed by atoms with E-state index in [1.165, 1.54) is 55.2 Å². The van der Waals surface area contributed by atoms with Gasteiger partial charge >= 0.3 is 0 Å². The Hall–Kier alpha value is -0.530. The summed E-state index contributed by atoms with van der Waals surface area (Å²) in [6, 6.07) is 6.99. The molecule has 1 unspecified atom stereocenters. The van der Waals surface area contributed by atoms with Gasteiger partial charge in [-0.25, -0.2) is 0 Å². The predicted molar refractivity (Wildman–Crippen MR) is 84.2 cm³/mol. The van der Waals surface area contributed by atoms with Crippen molar-refractivity contribution in [3.63, 3.8) is 0 Å². The van der Waals surface area contributed by atoms with Gasteiger partial charge in [0.05, 0.1) is 6.61 Å². The molecule has 110 valence electrons. The lowest BCUT2D eigenvalue weighted by Crippen LogP contribution is -2.18. The number of benzene rings is 1. The third-order valence-electron chi connectivity index (χ3n) is 5.05. The van der Waals surface area contributed by atoms with Gasteiger partial charge in [-0.05, 0) is 54.2 Å². The van der Waals surface area contributed by atoms with Crippen LogP contribution in [0.25, 0.3) is 0 Å². The van der Waals surface area contributed by atoms with Gasteiger partial charge in [0.1, 0.15) is 5.56 Å². The summed E-state index contributed by atoms with van der Waals surface area (Å²) in [5, 5.41) is 0. The second-order valence-corrected chi connectivity index (χ2v) is 6.95.